The van der Waals surface area contributed by atoms with Crippen molar-refractivity contribution < 1.29 is 4.74 Å². The summed E-state index contributed by atoms with van der Waals surface area (Å²) in [6.45, 7) is 4.36. The normalized spacial score (nSPS) is 12.0. The van der Waals surface area contributed by atoms with Crippen LogP contribution in [0.2, 0.25) is 0 Å². The number of anilines is 1. The Labute approximate surface area is 127 Å². The highest BCUT2D eigenvalue weighted by molar-refractivity contribution is 9.10. The summed E-state index contributed by atoms with van der Waals surface area (Å²) in [6.07, 6.45) is 2.74. The second kappa shape index (κ2) is 6.70. The topological polar surface area (TPSA) is 47.0 Å². The van der Waals surface area contributed by atoms with Crippen LogP contribution in [0.25, 0.3) is 0 Å². The Bertz CT molecular complexity index is 589. The number of para-hydroxylation sites is 1. The summed E-state index contributed by atoms with van der Waals surface area (Å²) in [4.78, 5) is 8.44. The molecule has 2 rings (SSSR count). The Kier molecular flexibility index (Phi) is 4.95. The predicted octanol–water partition coefficient (Wildman–Crippen LogP) is 4.59. The fourth-order valence-corrected chi connectivity index (χ4v) is 2.12. The molecule has 0 aliphatic heterocycles. The monoisotopic (exact) mass is 335 g/mol. The summed E-state index contributed by atoms with van der Waals surface area (Å²) < 4.78 is 6.70. The van der Waals surface area contributed by atoms with Gasteiger partial charge >= 0.3 is 0 Å². The zero-order valence-corrected chi connectivity index (χ0v) is 13.4. The van der Waals surface area contributed by atoms with Crippen molar-refractivity contribution in [3.8, 4) is 11.6 Å². The largest absolute Gasteiger partial charge is 0.437 e. The molecule has 0 radical (unpaired) electrons. The molecule has 1 aromatic heterocycles. The molecule has 106 valence electrons. The molecule has 0 fully saturated rings. The van der Waals surface area contributed by atoms with Crippen molar-refractivity contribution in [3.05, 3.63) is 40.5 Å². The van der Waals surface area contributed by atoms with Gasteiger partial charge < -0.3 is 10.1 Å². The van der Waals surface area contributed by atoms with Crippen molar-refractivity contribution >= 4 is 21.9 Å². The van der Waals surface area contributed by atoms with Crippen LogP contribution in [0.1, 0.15) is 31.7 Å². The highest BCUT2D eigenvalue weighted by Gasteiger charge is 2.13. The molecular formula is C15H18BrN3O. The molecule has 0 amide bonds. The van der Waals surface area contributed by atoms with E-state index in [9.17, 15) is 0 Å². The molecule has 20 heavy (non-hydrogen) atoms. The van der Waals surface area contributed by atoms with Gasteiger partial charge in [0.1, 0.15) is 5.75 Å². The van der Waals surface area contributed by atoms with Gasteiger partial charge in [-0.2, -0.15) is 4.98 Å². The maximum Gasteiger partial charge on any atom is 0.238 e. The molecule has 0 aliphatic carbocycles. The number of ether oxygens (including phenoxy) is 1. The summed E-state index contributed by atoms with van der Waals surface area (Å²) >= 11 is 3.42. The molecule has 4 nitrogen and oxygen atoms in total. The molecule has 0 aliphatic rings. The molecule has 0 saturated heterocycles. The van der Waals surface area contributed by atoms with Gasteiger partial charge in [0.15, 0.2) is 0 Å². The van der Waals surface area contributed by atoms with Crippen LogP contribution < -0.4 is 10.1 Å². The summed E-state index contributed by atoms with van der Waals surface area (Å²) in [7, 11) is 1.78. The lowest BCUT2D eigenvalue weighted by Crippen LogP contribution is -2.01. The molecule has 0 bridgehead atoms. The maximum atomic E-state index is 5.97. The van der Waals surface area contributed by atoms with E-state index >= 15 is 0 Å². The van der Waals surface area contributed by atoms with Gasteiger partial charge in [-0.05, 0) is 39.9 Å². The van der Waals surface area contributed by atoms with Crippen LogP contribution in [0.15, 0.2) is 34.9 Å². The lowest BCUT2D eigenvalue weighted by Gasteiger charge is -2.15. The van der Waals surface area contributed by atoms with Gasteiger partial charge in [0.25, 0.3) is 0 Å². The van der Waals surface area contributed by atoms with Crippen LogP contribution in [0.3, 0.4) is 0 Å². The first-order valence-corrected chi connectivity index (χ1v) is 7.42. The third-order valence-electron chi connectivity index (χ3n) is 3.20. The van der Waals surface area contributed by atoms with E-state index in [2.05, 4.69) is 51.1 Å². The first-order valence-electron chi connectivity index (χ1n) is 6.62. The van der Waals surface area contributed by atoms with E-state index < -0.39 is 0 Å². The number of halogens is 1. The van der Waals surface area contributed by atoms with E-state index in [1.807, 2.05) is 18.2 Å². The molecule has 0 spiro atoms. The van der Waals surface area contributed by atoms with Gasteiger partial charge in [-0.3, -0.25) is 0 Å². The molecule has 1 atom stereocenters. The average Bonchev–Trinajstić information content (AvgIpc) is 2.49. The first kappa shape index (κ1) is 14.8. The quantitative estimate of drug-likeness (QED) is 0.868. The van der Waals surface area contributed by atoms with Gasteiger partial charge in [0, 0.05) is 7.05 Å². The van der Waals surface area contributed by atoms with Crippen LogP contribution in [-0.2, 0) is 0 Å². The van der Waals surface area contributed by atoms with E-state index in [0.29, 0.717) is 17.7 Å². The van der Waals surface area contributed by atoms with Gasteiger partial charge in [-0.25, -0.2) is 4.98 Å². The van der Waals surface area contributed by atoms with Crippen LogP contribution in [-0.4, -0.2) is 17.0 Å². The Hall–Kier alpha value is -1.62. The average molecular weight is 336 g/mol. The van der Waals surface area contributed by atoms with Crippen LogP contribution in [0, 0.1) is 0 Å². The van der Waals surface area contributed by atoms with Gasteiger partial charge in [0.05, 0.1) is 10.7 Å². The molecule has 2 aromatic rings. The number of hydrogen-bond donors (Lipinski definition) is 1. The van der Waals surface area contributed by atoms with Gasteiger partial charge in [-0.15, -0.1) is 0 Å². The molecule has 1 unspecified atom stereocenters. The molecule has 1 aromatic carbocycles. The minimum Gasteiger partial charge on any atom is -0.437 e. The van der Waals surface area contributed by atoms with Crippen molar-refractivity contribution in [2.45, 2.75) is 26.2 Å². The van der Waals surface area contributed by atoms with Crippen LogP contribution in [0.4, 0.5) is 5.95 Å². The van der Waals surface area contributed by atoms with Crippen molar-refractivity contribution in [1.82, 2.24) is 9.97 Å². The molecule has 1 heterocycles. The fourth-order valence-electron chi connectivity index (χ4n) is 1.85. The molecule has 0 saturated carbocycles. The SMILES string of the molecule is CCC(C)c1ccccc1Oc1nc(NC)ncc1Br. The van der Waals surface area contributed by atoms with E-state index in [1.54, 1.807) is 13.2 Å². The third-order valence-corrected chi connectivity index (χ3v) is 3.75. The number of nitrogens with zero attached hydrogens (tertiary/aromatic N) is 2. The molecule has 1 N–H and O–H groups in total. The number of hydrogen-bond acceptors (Lipinski definition) is 4. The standard InChI is InChI=1S/C15H18BrN3O/c1-4-10(2)11-7-5-6-8-13(11)20-14-12(16)9-18-15(17-3)19-14/h5-10H,4H2,1-3H3,(H,17,18,19). The predicted molar refractivity (Wildman–Crippen MR) is 84.5 cm³/mol. The van der Waals surface area contributed by atoms with Crippen molar-refractivity contribution in [1.29, 1.82) is 0 Å². The maximum absolute atomic E-state index is 5.97. The van der Waals surface area contributed by atoms with E-state index in [1.165, 1.54) is 5.56 Å². The van der Waals surface area contributed by atoms with Crippen LogP contribution in [0.5, 0.6) is 11.6 Å². The lowest BCUT2D eigenvalue weighted by molar-refractivity contribution is 0.448. The van der Waals surface area contributed by atoms with Crippen LogP contribution >= 0.6 is 15.9 Å². The highest BCUT2D eigenvalue weighted by atomic mass is 79.9. The van der Waals surface area contributed by atoms with E-state index in [4.69, 9.17) is 4.74 Å². The number of aromatic nitrogens is 2. The van der Waals surface area contributed by atoms with Gasteiger partial charge in [-0.1, -0.05) is 32.0 Å². The lowest BCUT2D eigenvalue weighted by atomic mass is 9.98. The second-order valence-electron chi connectivity index (χ2n) is 4.55. The number of rotatable bonds is 5. The summed E-state index contributed by atoms with van der Waals surface area (Å²) in [5.74, 6) is 2.32. The van der Waals surface area contributed by atoms with Crippen molar-refractivity contribution in [3.63, 3.8) is 0 Å². The second-order valence-corrected chi connectivity index (χ2v) is 5.40. The molecule has 5 heteroatoms. The summed E-state index contributed by atoms with van der Waals surface area (Å²) in [5.41, 5.74) is 1.19. The van der Waals surface area contributed by atoms with Crippen molar-refractivity contribution in [2.24, 2.45) is 0 Å². The van der Waals surface area contributed by atoms with Crippen molar-refractivity contribution in [2.75, 3.05) is 12.4 Å². The summed E-state index contributed by atoms with van der Waals surface area (Å²) in [5, 5.41) is 2.91. The zero-order chi connectivity index (χ0) is 14.5. The van der Waals surface area contributed by atoms with Gasteiger partial charge in [0.2, 0.25) is 11.8 Å². The minimum absolute atomic E-state index is 0.440. The minimum atomic E-state index is 0.440. The zero-order valence-electron chi connectivity index (χ0n) is 11.9. The first-order chi connectivity index (χ1) is 9.65. The Morgan fingerprint density at radius 3 is 2.80 bits per heavy atom. The Morgan fingerprint density at radius 1 is 1.35 bits per heavy atom. The Balaban J connectivity index is 2.35. The fraction of sp³-hybridized carbons (Fsp3) is 0.333. The van der Waals surface area contributed by atoms with E-state index in [-0.39, 0.29) is 0 Å². The van der Waals surface area contributed by atoms with E-state index in [0.717, 1.165) is 16.6 Å². The smallest absolute Gasteiger partial charge is 0.238 e. The number of benzene rings is 1. The third kappa shape index (κ3) is 3.28. The molecular weight excluding hydrogens is 318 g/mol. The Morgan fingerprint density at radius 2 is 2.10 bits per heavy atom. The highest BCUT2D eigenvalue weighted by Crippen LogP contribution is 2.34. The summed E-state index contributed by atoms with van der Waals surface area (Å²) in [6, 6.07) is 8.06. The number of nitrogens with one attached hydrogen (secondary N) is 1.